The molecule has 7 nitrogen and oxygen atoms in total. The van der Waals surface area contributed by atoms with Crippen LogP contribution in [0.15, 0.2) is 6.33 Å². The van der Waals surface area contributed by atoms with Gasteiger partial charge in [0.2, 0.25) is 17.1 Å². The average Bonchev–Trinajstić information content (AvgIpc) is 2.71. The molecule has 18 heavy (non-hydrogen) atoms. The summed E-state index contributed by atoms with van der Waals surface area (Å²) in [4.78, 5) is 24.9. The number of nitrogens with zero attached hydrogens (tertiary/aromatic N) is 5. The number of hydrogen-bond donors (Lipinski definition) is 0. The standard InChI is InChI=1S/C10H12ClN5O2/c1-6(17)15(2)5-16-4-12-7-8(16)13-10(11)14-9(7)18-3/h4H,5H2,1-3H3. The highest BCUT2D eigenvalue weighted by molar-refractivity contribution is 6.28. The number of carbonyl (C=O) groups excluding carboxylic acids is 1. The van der Waals surface area contributed by atoms with E-state index in [0.717, 1.165) is 0 Å². The maximum atomic E-state index is 11.2. The molecule has 0 aliphatic rings. The molecule has 0 N–H and O–H groups in total. The molecule has 0 atom stereocenters. The molecule has 0 radical (unpaired) electrons. The molecule has 0 aliphatic carbocycles. The van der Waals surface area contributed by atoms with Gasteiger partial charge >= 0.3 is 0 Å². The van der Waals surface area contributed by atoms with Crippen LogP contribution in [0.2, 0.25) is 5.28 Å². The quantitative estimate of drug-likeness (QED) is 0.775. The van der Waals surface area contributed by atoms with E-state index in [1.165, 1.54) is 18.9 Å². The Bertz CT molecular complexity index is 597. The van der Waals surface area contributed by atoms with E-state index in [2.05, 4.69) is 15.0 Å². The Morgan fingerprint density at radius 1 is 1.56 bits per heavy atom. The topological polar surface area (TPSA) is 73.1 Å². The molecule has 2 heterocycles. The predicted octanol–water partition coefficient (Wildman–Crippen LogP) is 0.924. The number of halogens is 1. The number of aromatic nitrogens is 4. The van der Waals surface area contributed by atoms with Gasteiger partial charge in [-0.3, -0.25) is 9.36 Å². The van der Waals surface area contributed by atoms with Crippen LogP contribution in [0.25, 0.3) is 11.2 Å². The fraction of sp³-hybridized carbons (Fsp3) is 0.400. The fourth-order valence-corrected chi connectivity index (χ4v) is 1.62. The van der Waals surface area contributed by atoms with E-state index >= 15 is 0 Å². The van der Waals surface area contributed by atoms with Crippen molar-refractivity contribution in [2.45, 2.75) is 13.6 Å². The summed E-state index contributed by atoms with van der Waals surface area (Å²) in [5.74, 6) is 0.262. The number of fused-ring (bicyclic) bond motifs is 1. The number of amides is 1. The zero-order chi connectivity index (χ0) is 13.3. The Morgan fingerprint density at radius 2 is 2.28 bits per heavy atom. The van der Waals surface area contributed by atoms with Crippen molar-refractivity contribution in [1.82, 2.24) is 24.4 Å². The number of methoxy groups -OCH3 is 1. The summed E-state index contributed by atoms with van der Waals surface area (Å²) in [5.41, 5.74) is 1.04. The van der Waals surface area contributed by atoms with Gasteiger partial charge in [0.05, 0.1) is 20.1 Å². The van der Waals surface area contributed by atoms with Gasteiger partial charge in [-0.1, -0.05) is 0 Å². The molecule has 0 aromatic carbocycles. The Labute approximate surface area is 108 Å². The molecule has 1 amide bonds. The van der Waals surface area contributed by atoms with Crippen LogP contribution in [-0.2, 0) is 11.5 Å². The lowest BCUT2D eigenvalue weighted by atomic mass is 10.5. The molecule has 2 rings (SSSR count). The second-order valence-electron chi connectivity index (χ2n) is 3.75. The van der Waals surface area contributed by atoms with Gasteiger partial charge in [0.25, 0.3) is 0 Å². The van der Waals surface area contributed by atoms with Crippen molar-refractivity contribution >= 4 is 28.7 Å². The second-order valence-corrected chi connectivity index (χ2v) is 4.08. The molecular formula is C10H12ClN5O2. The van der Waals surface area contributed by atoms with E-state index < -0.39 is 0 Å². The number of ether oxygens (including phenoxy) is 1. The maximum absolute atomic E-state index is 11.2. The van der Waals surface area contributed by atoms with Crippen LogP contribution in [0, 0.1) is 0 Å². The maximum Gasteiger partial charge on any atom is 0.246 e. The molecular weight excluding hydrogens is 258 g/mol. The van der Waals surface area contributed by atoms with Crippen LogP contribution in [0.3, 0.4) is 0 Å². The Hall–Kier alpha value is -1.89. The first-order chi connectivity index (χ1) is 8.52. The molecule has 2 aromatic rings. The highest BCUT2D eigenvalue weighted by Gasteiger charge is 2.14. The van der Waals surface area contributed by atoms with E-state index in [9.17, 15) is 4.79 Å². The smallest absolute Gasteiger partial charge is 0.246 e. The Morgan fingerprint density at radius 3 is 2.89 bits per heavy atom. The highest BCUT2D eigenvalue weighted by atomic mass is 35.5. The average molecular weight is 270 g/mol. The SMILES string of the molecule is COc1nc(Cl)nc2c1ncn2CN(C)C(C)=O. The van der Waals surface area contributed by atoms with Gasteiger partial charge in [-0.2, -0.15) is 9.97 Å². The van der Waals surface area contributed by atoms with E-state index in [1.54, 1.807) is 17.9 Å². The van der Waals surface area contributed by atoms with Gasteiger partial charge in [0, 0.05) is 14.0 Å². The van der Waals surface area contributed by atoms with Gasteiger partial charge in [-0.25, -0.2) is 4.98 Å². The first kappa shape index (κ1) is 12.6. The van der Waals surface area contributed by atoms with Crippen molar-refractivity contribution in [2.24, 2.45) is 0 Å². The van der Waals surface area contributed by atoms with Crippen LogP contribution in [-0.4, -0.2) is 44.5 Å². The third kappa shape index (κ3) is 2.21. The first-order valence-electron chi connectivity index (χ1n) is 5.17. The lowest BCUT2D eigenvalue weighted by Crippen LogP contribution is -2.26. The lowest BCUT2D eigenvalue weighted by molar-refractivity contribution is -0.128. The summed E-state index contributed by atoms with van der Waals surface area (Å²) in [6.07, 6.45) is 1.57. The summed E-state index contributed by atoms with van der Waals surface area (Å²) >= 11 is 5.81. The normalized spacial score (nSPS) is 10.7. The van der Waals surface area contributed by atoms with Gasteiger partial charge in [-0.15, -0.1) is 0 Å². The van der Waals surface area contributed by atoms with E-state index in [4.69, 9.17) is 16.3 Å². The molecule has 8 heteroatoms. The number of carbonyl (C=O) groups is 1. The van der Waals surface area contributed by atoms with Crippen molar-refractivity contribution < 1.29 is 9.53 Å². The van der Waals surface area contributed by atoms with Gasteiger partial charge in [-0.05, 0) is 11.6 Å². The molecule has 0 saturated carbocycles. The van der Waals surface area contributed by atoms with Crippen LogP contribution >= 0.6 is 11.6 Å². The molecule has 0 fully saturated rings. The first-order valence-corrected chi connectivity index (χ1v) is 5.54. The predicted molar refractivity (Wildman–Crippen MR) is 65.3 cm³/mol. The molecule has 0 saturated heterocycles. The number of hydrogen-bond acceptors (Lipinski definition) is 5. The fourth-order valence-electron chi connectivity index (χ4n) is 1.47. The van der Waals surface area contributed by atoms with E-state index in [0.29, 0.717) is 23.7 Å². The second kappa shape index (κ2) is 4.77. The van der Waals surface area contributed by atoms with Gasteiger partial charge in [0.15, 0.2) is 11.2 Å². The minimum absolute atomic E-state index is 0.0519. The van der Waals surface area contributed by atoms with E-state index in [1.807, 2.05) is 0 Å². The minimum Gasteiger partial charge on any atom is -0.479 e. The molecule has 0 spiro atoms. The van der Waals surface area contributed by atoms with Gasteiger partial charge < -0.3 is 9.64 Å². The summed E-state index contributed by atoms with van der Waals surface area (Å²) in [6.45, 7) is 1.82. The van der Waals surface area contributed by atoms with Crippen molar-refractivity contribution in [3.63, 3.8) is 0 Å². The van der Waals surface area contributed by atoms with Crippen molar-refractivity contribution in [3.05, 3.63) is 11.6 Å². The van der Waals surface area contributed by atoms with Crippen molar-refractivity contribution in [3.8, 4) is 5.88 Å². The zero-order valence-electron chi connectivity index (χ0n) is 10.2. The van der Waals surface area contributed by atoms with Crippen LogP contribution in [0.5, 0.6) is 5.88 Å². The summed E-state index contributed by atoms with van der Waals surface area (Å²) in [5, 5.41) is 0.0755. The van der Waals surface area contributed by atoms with E-state index in [-0.39, 0.29) is 11.2 Å². The Kier molecular flexibility index (Phi) is 3.33. The summed E-state index contributed by atoms with van der Waals surface area (Å²) in [7, 11) is 3.17. The van der Waals surface area contributed by atoms with Crippen molar-refractivity contribution in [1.29, 1.82) is 0 Å². The zero-order valence-corrected chi connectivity index (χ0v) is 11.0. The third-order valence-electron chi connectivity index (χ3n) is 2.50. The number of rotatable bonds is 3. The molecule has 96 valence electrons. The molecule has 2 aromatic heterocycles. The van der Waals surface area contributed by atoms with Gasteiger partial charge in [0.1, 0.15) is 0 Å². The minimum atomic E-state index is -0.0519. The lowest BCUT2D eigenvalue weighted by Gasteiger charge is -2.15. The molecule has 0 aliphatic heterocycles. The molecule has 0 bridgehead atoms. The summed E-state index contributed by atoms with van der Waals surface area (Å²) in [6, 6.07) is 0. The Balaban J connectivity index is 2.47. The highest BCUT2D eigenvalue weighted by Crippen LogP contribution is 2.22. The third-order valence-corrected chi connectivity index (χ3v) is 2.67. The summed E-state index contributed by atoms with van der Waals surface area (Å²) < 4.78 is 6.78. The number of imidazole rings is 1. The van der Waals surface area contributed by atoms with Crippen LogP contribution < -0.4 is 4.74 Å². The largest absolute Gasteiger partial charge is 0.479 e. The van der Waals surface area contributed by atoms with Crippen LogP contribution in [0.4, 0.5) is 0 Å². The monoisotopic (exact) mass is 269 g/mol. The van der Waals surface area contributed by atoms with Crippen LogP contribution in [0.1, 0.15) is 6.92 Å². The van der Waals surface area contributed by atoms with Crippen molar-refractivity contribution in [2.75, 3.05) is 14.2 Å². The molecule has 0 unspecified atom stereocenters.